The van der Waals surface area contributed by atoms with Gasteiger partial charge in [-0.2, -0.15) is 4.98 Å². The van der Waals surface area contributed by atoms with Gasteiger partial charge in [-0.3, -0.25) is 9.69 Å². The lowest BCUT2D eigenvalue weighted by molar-refractivity contribution is 0.0933. The molecule has 0 aliphatic carbocycles. The Kier molecular flexibility index (Phi) is 7.72. The van der Waals surface area contributed by atoms with E-state index in [4.69, 9.17) is 14.5 Å². The van der Waals surface area contributed by atoms with Crippen molar-refractivity contribution >= 4 is 23.5 Å². The van der Waals surface area contributed by atoms with E-state index in [1.807, 2.05) is 37.8 Å². The standard InChI is InChI=1S/C29H34N6O5/c1-6-39-24-13-20-7-9-34-22(21(20)14-23(24)38-5)15-25(32-26-18(3)11-17(2)12-19(26)4)35(29(34)37)10-8-30-28(36)27-31-16-40-33-27/h11-14,16,22H,6-10,15H2,1-5H3,(H,30,36). The van der Waals surface area contributed by atoms with Crippen LogP contribution in [-0.2, 0) is 6.42 Å². The van der Waals surface area contributed by atoms with Gasteiger partial charge >= 0.3 is 6.03 Å². The number of carbonyl (C=O) groups excluding carboxylic acids is 2. The fraction of sp³-hybridized carbons (Fsp3) is 0.414. The molecule has 11 nitrogen and oxygen atoms in total. The predicted molar refractivity (Wildman–Crippen MR) is 148 cm³/mol. The molecule has 3 aromatic rings. The molecule has 2 aliphatic rings. The molecule has 40 heavy (non-hydrogen) atoms. The maximum absolute atomic E-state index is 14.0. The number of nitrogens with zero attached hydrogens (tertiary/aromatic N) is 5. The summed E-state index contributed by atoms with van der Waals surface area (Å²) in [6.45, 7) is 9.60. The summed E-state index contributed by atoms with van der Waals surface area (Å²) in [5.74, 6) is 1.47. The molecule has 11 heteroatoms. The number of fused-ring (bicyclic) bond motifs is 3. The number of urea groups is 1. The summed E-state index contributed by atoms with van der Waals surface area (Å²) in [7, 11) is 1.62. The van der Waals surface area contributed by atoms with Gasteiger partial charge < -0.3 is 24.2 Å². The Labute approximate surface area is 233 Å². The normalized spacial score (nSPS) is 17.5. The Hall–Kier alpha value is -4.41. The summed E-state index contributed by atoms with van der Waals surface area (Å²) in [4.78, 5) is 38.8. The molecule has 1 atom stereocenters. The van der Waals surface area contributed by atoms with Crippen LogP contribution in [0.15, 0.2) is 40.2 Å². The molecule has 1 N–H and O–H groups in total. The van der Waals surface area contributed by atoms with Crippen molar-refractivity contribution in [1.29, 1.82) is 0 Å². The van der Waals surface area contributed by atoms with Crippen LogP contribution in [0.25, 0.3) is 0 Å². The van der Waals surface area contributed by atoms with Gasteiger partial charge in [-0.1, -0.05) is 22.9 Å². The van der Waals surface area contributed by atoms with Crippen molar-refractivity contribution in [3.8, 4) is 11.5 Å². The molecule has 5 rings (SSSR count). The van der Waals surface area contributed by atoms with Crippen molar-refractivity contribution in [2.75, 3.05) is 33.4 Å². The summed E-state index contributed by atoms with van der Waals surface area (Å²) in [6.07, 6.45) is 2.31. The van der Waals surface area contributed by atoms with Crippen LogP contribution >= 0.6 is 0 Å². The fourth-order valence-electron chi connectivity index (χ4n) is 5.57. The van der Waals surface area contributed by atoms with E-state index in [0.717, 1.165) is 39.9 Å². The molecule has 1 saturated heterocycles. The van der Waals surface area contributed by atoms with Crippen molar-refractivity contribution in [3.63, 3.8) is 0 Å². The zero-order valence-electron chi connectivity index (χ0n) is 23.5. The van der Waals surface area contributed by atoms with E-state index in [1.54, 1.807) is 12.0 Å². The van der Waals surface area contributed by atoms with Gasteiger partial charge in [0.15, 0.2) is 11.5 Å². The second-order valence-electron chi connectivity index (χ2n) is 10.0. The van der Waals surface area contributed by atoms with Crippen molar-refractivity contribution in [1.82, 2.24) is 25.3 Å². The van der Waals surface area contributed by atoms with E-state index in [-0.39, 0.29) is 31.0 Å². The number of hydrogen-bond donors (Lipinski definition) is 1. The summed E-state index contributed by atoms with van der Waals surface area (Å²) in [5, 5.41) is 6.34. The van der Waals surface area contributed by atoms with Crippen LogP contribution in [-0.4, -0.2) is 71.1 Å². The van der Waals surface area contributed by atoms with E-state index in [0.29, 0.717) is 43.3 Å². The molecular weight excluding hydrogens is 512 g/mol. The second kappa shape index (κ2) is 11.4. The van der Waals surface area contributed by atoms with Gasteiger partial charge in [-0.15, -0.1) is 0 Å². The highest BCUT2D eigenvalue weighted by atomic mass is 16.5. The average molecular weight is 547 g/mol. The molecule has 2 aliphatic heterocycles. The van der Waals surface area contributed by atoms with Crippen LogP contribution in [0, 0.1) is 20.8 Å². The minimum Gasteiger partial charge on any atom is -0.493 e. The number of hydrogen-bond acceptors (Lipinski definition) is 8. The van der Waals surface area contributed by atoms with E-state index in [9.17, 15) is 9.59 Å². The third-order valence-corrected chi connectivity index (χ3v) is 7.31. The van der Waals surface area contributed by atoms with Crippen LogP contribution in [0.5, 0.6) is 11.5 Å². The molecule has 210 valence electrons. The lowest BCUT2D eigenvalue weighted by Gasteiger charge is -2.45. The molecular formula is C29H34N6O5. The Balaban J connectivity index is 1.49. The van der Waals surface area contributed by atoms with Gasteiger partial charge in [0, 0.05) is 26.1 Å². The zero-order valence-corrected chi connectivity index (χ0v) is 23.5. The minimum absolute atomic E-state index is 0.0576. The first kappa shape index (κ1) is 27.2. The van der Waals surface area contributed by atoms with Crippen LogP contribution in [0.3, 0.4) is 0 Å². The second-order valence-corrected chi connectivity index (χ2v) is 10.0. The summed E-state index contributed by atoms with van der Waals surface area (Å²) < 4.78 is 16.1. The van der Waals surface area contributed by atoms with Gasteiger partial charge in [0.1, 0.15) is 5.84 Å². The van der Waals surface area contributed by atoms with Crippen LogP contribution in [0.2, 0.25) is 0 Å². The topological polar surface area (TPSA) is 122 Å². The van der Waals surface area contributed by atoms with Crippen molar-refractivity contribution in [2.45, 2.75) is 46.6 Å². The van der Waals surface area contributed by atoms with Crippen molar-refractivity contribution < 1.29 is 23.6 Å². The smallest absolute Gasteiger partial charge is 0.326 e. The number of amidine groups is 1. The first-order chi connectivity index (χ1) is 19.3. The van der Waals surface area contributed by atoms with Gasteiger partial charge in [-0.05, 0) is 68.5 Å². The molecule has 1 aromatic heterocycles. The summed E-state index contributed by atoms with van der Waals surface area (Å²) in [6, 6.07) is 7.86. The zero-order chi connectivity index (χ0) is 28.4. The highest BCUT2D eigenvalue weighted by Gasteiger charge is 2.41. The Morgan fingerprint density at radius 3 is 2.62 bits per heavy atom. The van der Waals surface area contributed by atoms with E-state index in [1.165, 1.54) is 0 Å². The number of amides is 3. The number of benzene rings is 2. The quantitative estimate of drug-likeness (QED) is 0.447. The molecule has 0 bridgehead atoms. The Morgan fingerprint density at radius 1 is 1.18 bits per heavy atom. The van der Waals surface area contributed by atoms with Gasteiger partial charge in [0.2, 0.25) is 6.39 Å². The van der Waals surface area contributed by atoms with E-state index < -0.39 is 5.91 Å². The number of nitrogens with one attached hydrogen (secondary N) is 1. The lowest BCUT2D eigenvalue weighted by atomic mass is 9.88. The molecule has 0 spiro atoms. The van der Waals surface area contributed by atoms with Crippen LogP contribution in [0.4, 0.5) is 10.5 Å². The molecule has 0 radical (unpaired) electrons. The van der Waals surface area contributed by atoms with Gasteiger partial charge in [-0.25, -0.2) is 9.79 Å². The number of ether oxygens (including phenoxy) is 2. The first-order valence-electron chi connectivity index (χ1n) is 13.4. The van der Waals surface area contributed by atoms with Crippen LogP contribution < -0.4 is 14.8 Å². The largest absolute Gasteiger partial charge is 0.493 e. The number of rotatable bonds is 8. The molecule has 3 amide bonds. The maximum atomic E-state index is 14.0. The Morgan fingerprint density at radius 2 is 1.95 bits per heavy atom. The number of aliphatic imine (C=N–C) groups is 1. The Bertz CT molecular complexity index is 1430. The van der Waals surface area contributed by atoms with Crippen LogP contribution in [0.1, 0.15) is 57.8 Å². The van der Waals surface area contributed by atoms with Crippen molar-refractivity contribution in [3.05, 3.63) is 64.3 Å². The van der Waals surface area contributed by atoms with E-state index >= 15 is 0 Å². The van der Waals surface area contributed by atoms with E-state index in [2.05, 4.69) is 39.0 Å². The number of aromatic nitrogens is 2. The monoisotopic (exact) mass is 546 g/mol. The lowest BCUT2D eigenvalue weighted by Crippen LogP contribution is -2.56. The minimum atomic E-state index is -0.469. The molecule has 0 saturated carbocycles. The number of methoxy groups -OCH3 is 1. The summed E-state index contributed by atoms with van der Waals surface area (Å²) in [5.41, 5.74) is 6.26. The van der Waals surface area contributed by atoms with Gasteiger partial charge in [0.05, 0.1) is 25.4 Å². The highest BCUT2D eigenvalue weighted by Crippen LogP contribution is 2.42. The third kappa shape index (κ3) is 5.23. The average Bonchev–Trinajstić information content (AvgIpc) is 3.47. The summed E-state index contributed by atoms with van der Waals surface area (Å²) >= 11 is 0. The highest BCUT2D eigenvalue weighted by molar-refractivity contribution is 6.02. The first-order valence-corrected chi connectivity index (χ1v) is 13.4. The molecule has 1 unspecified atom stereocenters. The predicted octanol–water partition coefficient (Wildman–Crippen LogP) is 4.29. The maximum Gasteiger partial charge on any atom is 0.326 e. The fourth-order valence-corrected chi connectivity index (χ4v) is 5.57. The van der Waals surface area contributed by atoms with Gasteiger partial charge in [0.25, 0.3) is 11.7 Å². The number of carbonyl (C=O) groups is 2. The molecule has 1 fully saturated rings. The molecule has 2 aromatic carbocycles. The SMILES string of the molecule is CCOc1cc2c(cc1OC)C1CC(=Nc3c(C)cc(C)cc3C)N(CCNC(=O)c3ncon3)C(=O)N1CC2. The molecule has 3 heterocycles. The van der Waals surface area contributed by atoms with Crippen molar-refractivity contribution in [2.24, 2.45) is 4.99 Å². The third-order valence-electron chi connectivity index (χ3n) is 7.31. The number of aryl methyl sites for hydroxylation is 3.